The minimum Gasteiger partial charge on any atom is -0.373 e. The van der Waals surface area contributed by atoms with Crippen LogP contribution in [0.3, 0.4) is 0 Å². The molecule has 0 saturated carbocycles. The minimum absolute atomic E-state index is 0.0626. The standard InChI is InChI=1S/C15H20N4OS/c1-18(12-6-4-3-5-7-12)8-9-19(2)15(20)13-11-21-14(10-16)17-13/h3-7,11H,8-10,16H2,1-2H3. The van der Waals surface area contributed by atoms with E-state index in [2.05, 4.69) is 22.0 Å². The first-order chi connectivity index (χ1) is 10.1. The third-order valence-corrected chi connectivity index (χ3v) is 4.13. The van der Waals surface area contributed by atoms with Crippen LogP contribution in [0.15, 0.2) is 35.7 Å². The fourth-order valence-corrected chi connectivity index (χ4v) is 2.56. The summed E-state index contributed by atoms with van der Waals surface area (Å²) < 4.78 is 0. The van der Waals surface area contributed by atoms with Crippen molar-refractivity contribution in [3.63, 3.8) is 0 Å². The van der Waals surface area contributed by atoms with Crippen LogP contribution in [0.25, 0.3) is 0 Å². The number of amides is 1. The van der Waals surface area contributed by atoms with Crippen LogP contribution in [0.4, 0.5) is 5.69 Å². The van der Waals surface area contributed by atoms with E-state index in [1.807, 2.05) is 25.2 Å². The number of hydrogen-bond donors (Lipinski definition) is 1. The number of rotatable bonds is 6. The Morgan fingerprint density at radius 1 is 1.24 bits per heavy atom. The first-order valence-corrected chi connectivity index (χ1v) is 7.66. The van der Waals surface area contributed by atoms with Gasteiger partial charge in [-0.15, -0.1) is 11.3 Å². The number of likely N-dealkylation sites (N-methyl/N-ethyl adjacent to an activating group) is 2. The van der Waals surface area contributed by atoms with Gasteiger partial charge in [-0.25, -0.2) is 4.98 Å². The summed E-state index contributed by atoms with van der Waals surface area (Å²) in [5, 5.41) is 2.55. The predicted molar refractivity (Wildman–Crippen MR) is 86.7 cm³/mol. The van der Waals surface area contributed by atoms with E-state index >= 15 is 0 Å². The summed E-state index contributed by atoms with van der Waals surface area (Å²) in [6, 6.07) is 10.1. The van der Waals surface area contributed by atoms with Crippen molar-refractivity contribution >= 4 is 22.9 Å². The maximum atomic E-state index is 12.2. The van der Waals surface area contributed by atoms with E-state index in [0.717, 1.165) is 17.2 Å². The Labute approximate surface area is 129 Å². The van der Waals surface area contributed by atoms with Crippen LogP contribution >= 0.6 is 11.3 Å². The van der Waals surface area contributed by atoms with Crippen molar-refractivity contribution in [2.45, 2.75) is 6.54 Å². The summed E-state index contributed by atoms with van der Waals surface area (Å²) in [6.07, 6.45) is 0. The summed E-state index contributed by atoms with van der Waals surface area (Å²) in [5.74, 6) is -0.0626. The summed E-state index contributed by atoms with van der Waals surface area (Å²) >= 11 is 1.42. The van der Waals surface area contributed by atoms with Crippen molar-refractivity contribution in [3.8, 4) is 0 Å². The lowest BCUT2D eigenvalue weighted by Gasteiger charge is -2.23. The van der Waals surface area contributed by atoms with Crippen molar-refractivity contribution in [1.29, 1.82) is 0 Å². The zero-order valence-corrected chi connectivity index (χ0v) is 13.1. The van der Waals surface area contributed by atoms with Gasteiger partial charge in [-0.2, -0.15) is 0 Å². The molecule has 0 saturated heterocycles. The van der Waals surface area contributed by atoms with Crippen LogP contribution in [-0.2, 0) is 6.54 Å². The SMILES string of the molecule is CN(CCN(C)c1ccccc1)C(=O)c1csc(CN)n1. The van der Waals surface area contributed by atoms with E-state index in [1.54, 1.807) is 17.3 Å². The largest absolute Gasteiger partial charge is 0.373 e. The van der Waals surface area contributed by atoms with E-state index in [0.29, 0.717) is 18.8 Å². The van der Waals surface area contributed by atoms with Gasteiger partial charge in [0.15, 0.2) is 0 Å². The number of anilines is 1. The predicted octanol–water partition coefficient (Wildman–Crippen LogP) is 1.81. The molecule has 2 N–H and O–H groups in total. The number of thiazole rings is 1. The molecule has 0 bridgehead atoms. The van der Waals surface area contributed by atoms with E-state index < -0.39 is 0 Å². The summed E-state index contributed by atoms with van der Waals surface area (Å²) in [6.45, 7) is 1.78. The molecule has 0 aliphatic heterocycles. The average molecular weight is 304 g/mol. The molecule has 0 aliphatic rings. The number of carbonyl (C=O) groups excluding carboxylic acids is 1. The number of nitrogens with two attached hydrogens (primary N) is 1. The van der Waals surface area contributed by atoms with Crippen LogP contribution in [0.2, 0.25) is 0 Å². The molecule has 0 fully saturated rings. The van der Waals surface area contributed by atoms with Gasteiger partial charge >= 0.3 is 0 Å². The van der Waals surface area contributed by atoms with E-state index in [1.165, 1.54) is 11.3 Å². The molecule has 2 rings (SSSR count). The highest BCUT2D eigenvalue weighted by Crippen LogP contribution is 2.12. The van der Waals surface area contributed by atoms with Crippen LogP contribution in [0.5, 0.6) is 0 Å². The Bertz CT molecular complexity index is 584. The highest BCUT2D eigenvalue weighted by atomic mass is 32.1. The van der Waals surface area contributed by atoms with Gasteiger partial charge in [-0.3, -0.25) is 4.79 Å². The molecule has 2 aromatic rings. The third kappa shape index (κ3) is 4.03. The number of hydrogen-bond acceptors (Lipinski definition) is 5. The molecular weight excluding hydrogens is 284 g/mol. The fourth-order valence-electron chi connectivity index (χ4n) is 1.91. The molecule has 1 aromatic heterocycles. The highest BCUT2D eigenvalue weighted by Gasteiger charge is 2.15. The number of benzene rings is 1. The van der Waals surface area contributed by atoms with Crippen molar-refractivity contribution < 1.29 is 4.79 Å². The lowest BCUT2D eigenvalue weighted by atomic mass is 10.3. The molecule has 21 heavy (non-hydrogen) atoms. The molecule has 1 amide bonds. The van der Waals surface area contributed by atoms with Crippen molar-refractivity contribution in [2.24, 2.45) is 5.73 Å². The van der Waals surface area contributed by atoms with Gasteiger partial charge in [0.25, 0.3) is 5.91 Å². The van der Waals surface area contributed by atoms with Gasteiger partial charge in [-0.05, 0) is 12.1 Å². The topological polar surface area (TPSA) is 62.5 Å². The quantitative estimate of drug-likeness (QED) is 0.884. The molecule has 0 atom stereocenters. The molecule has 0 aliphatic carbocycles. The number of para-hydroxylation sites is 1. The first-order valence-electron chi connectivity index (χ1n) is 6.78. The van der Waals surface area contributed by atoms with E-state index in [4.69, 9.17) is 5.73 Å². The Hall–Kier alpha value is -1.92. The summed E-state index contributed by atoms with van der Waals surface area (Å²) in [7, 11) is 3.81. The number of nitrogens with zero attached hydrogens (tertiary/aromatic N) is 3. The zero-order valence-electron chi connectivity index (χ0n) is 12.3. The minimum atomic E-state index is -0.0626. The molecule has 0 spiro atoms. The summed E-state index contributed by atoms with van der Waals surface area (Å²) in [5.41, 5.74) is 7.13. The second-order valence-corrected chi connectivity index (χ2v) is 5.76. The van der Waals surface area contributed by atoms with Crippen LogP contribution in [-0.4, -0.2) is 43.0 Å². The van der Waals surface area contributed by atoms with Gasteiger partial charge in [0.05, 0.1) is 0 Å². The maximum Gasteiger partial charge on any atom is 0.273 e. The van der Waals surface area contributed by atoms with Crippen molar-refractivity contribution in [1.82, 2.24) is 9.88 Å². The zero-order chi connectivity index (χ0) is 15.2. The number of carbonyl (C=O) groups is 1. The van der Waals surface area contributed by atoms with Gasteiger partial charge < -0.3 is 15.5 Å². The van der Waals surface area contributed by atoms with Crippen LogP contribution in [0.1, 0.15) is 15.5 Å². The Morgan fingerprint density at radius 2 is 1.95 bits per heavy atom. The molecule has 0 unspecified atom stereocenters. The van der Waals surface area contributed by atoms with Crippen LogP contribution < -0.4 is 10.6 Å². The van der Waals surface area contributed by atoms with Gasteiger partial charge in [-0.1, -0.05) is 18.2 Å². The molecule has 1 aromatic carbocycles. The Kier molecular flexibility index (Phi) is 5.30. The molecule has 6 heteroatoms. The monoisotopic (exact) mass is 304 g/mol. The van der Waals surface area contributed by atoms with Gasteiger partial charge in [0.1, 0.15) is 10.7 Å². The second kappa shape index (κ2) is 7.19. The lowest BCUT2D eigenvalue weighted by Crippen LogP contribution is -2.35. The molecule has 5 nitrogen and oxygen atoms in total. The van der Waals surface area contributed by atoms with Crippen molar-refractivity contribution in [3.05, 3.63) is 46.4 Å². The molecule has 0 radical (unpaired) electrons. The second-order valence-electron chi connectivity index (χ2n) is 4.81. The lowest BCUT2D eigenvalue weighted by molar-refractivity contribution is 0.0793. The average Bonchev–Trinajstić information content (AvgIpc) is 3.01. The van der Waals surface area contributed by atoms with Gasteiger partial charge in [0, 0.05) is 44.8 Å². The first kappa shape index (κ1) is 15.5. The summed E-state index contributed by atoms with van der Waals surface area (Å²) in [4.78, 5) is 20.3. The van der Waals surface area contributed by atoms with E-state index in [9.17, 15) is 4.79 Å². The molecule has 1 heterocycles. The smallest absolute Gasteiger partial charge is 0.273 e. The van der Waals surface area contributed by atoms with Crippen LogP contribution in [0, 0.1) is 0 Å². The highest BCUT2D eigenvalue weighted by molar-refractivity contribution is 7.09. The maximum absolute atomic E-state index is 12.2. The fraction of sp³-hybridized carbons (Fsp3) is 0.333. The number of aromatic nitrogens is 1. The molecule has 112 valence electrons. The van der Waals surface area contributed by atoms with E-state index in [-0.39, 0.29) is 5.91 Å². The Morgan fingerprint density at radius 3 is 2.57 bits per heavy atom. The normalized spacial score (nSPS) is 10.4. The molecular formula is C15H20N4OS. The third-order valence-electron chi connectivity index (χ3n) is 3.26. The Balaban J connectivity index is 1.89. The van der Waals surface area contributed by atoms with Gasteiger partial charge in [0.2, 0.25) is 0 Å². The van der Waals surface area contributed by atoms with Crippen molar-refractivity contribution in [2.75, 3.05) is 32.1 Å².